The van der Waals surface area contributed by atoms with Crippen molar-refractivity contribution in [3.8, 4) is 17.0 Å². The largest absolute Gasteiger partial charge is 0.490 e. The number of pyridine rings is 1. The number of nitrogens with one attached hydrogen (secondary N) is 1. The van der Waals surface area contributed by atoms with Crippen molar-refractivity contribution >= 4 is 29.0 Å². The molecule has 0 radical (unpaired) electrons. The summed E-state index contributed by atoms with van der Waals surface area (Å²) in [5.41, 5.74) is 7.47. The number of hydrogen-bond donors (Lipinski definition) is 2. The summed E-state index contributed by atoms with van der Waals surface area (Å²) in [6.07, 6.45) is 6.81. The van der Waals surface area contributed by atoms with E-state index in [0.717, 1.165) is 69.1 Å². The Morgan fingerprint density at radius 3 is 2.64 bits per heavy atom. The molecule has 1 saturated carbocycles. The van der Waals surface area contributed by atoms with Crippen LogP contribution in [0.1, 0.15) is 79.0 Å². The standard InChI is InChI=1S/C32H32F3N7O3/c33-32(34,35)20-11-12-37-25(16-20)39-31(44)18-6-9-23(24(15-18)45-22-3-1-2-4-22)27-28-29(36)38-13-14-41(28)30(40-27)19-5-7-21-8-10-26(43)42(21)17-19/h6,9,11-16,19,21-22H,1-5,7-8,10,17H2,(H2,36,38)(H,37,39,44). The van der Waals surface area contributed by atoms with Crippen LogP contribution in [0.4, 0.5) is 24.8 Å². The number of nitrogens with zero attached hydrogens (tertiary/aromatic N) is 5. The van der Waals surface area contributed by atoms with E-state index >= 15 is 0 Å². The minimum absolute atomic E-state index is 0.00411. The van der Waals surface area contributed by atoms with Crippen LogP contribution in [0.3, 0.4) is 0 Å². The minimum Gasteiger partial charge on any atom is -0.490 e. The van der Waals surface area contributed by atoms with E-state index in [1.165, 1.54) is 0 Å². The number of anilines is 2. The van der Waals surface area contributed by atoms with E-state index < -0.39 is 17.6 Å². The van der Waals surface area contributed by atoms with Gasteiger partial charge in [-0.25, -0.2) is 15.0 Å². The van der Waals surface area contributed by atoms with E-state index in [0.29, 0.717) is 35.5 Å². The lowest BCUT2D eigenvalue weighted by molar-refractivity contribution is -0.137. The molecule has 3 fully saturated rings. The lowest BCUT2D eigenvalue weighted by atomic mass is 9.92. The Labute approximate surface area is 256 Å². The smallest absolute Gasteiger partial charge is 0.416 e. The molecule has 3 aliphatic rings. The number of fused-ring (bicyclic) bond motifs is 2. The van der Waals surface area contributed by atoms with Crippen LogP contribution in [0, 0.1) is 0 Å². The number of benzene rings is 1. The molecule has 5 heterocycles. The maximum atomic E-state index is 13.2. The quantitative estimate of drug-likeness (QED) is 0.278. The van der Waals surface area contributed by atoms with Crippen LogP contribution in [0.15, 0.2) is 48.9 Å². The zero-order valence-corrected chi connectivity index (χ0v) is 24.4. The van der Waals surface area contributed by atoms with Crippen molar-refractivity contribution in [2.45, 2.75) is 75.6 Å². The first-order chi connectivity index (χ1) is 21.7. The average Bonchev–Trinajstić information content (AvgIpc) is 3.77. The Morgan fingerprint density at radius 2 is 1.84 bits per heavy atom. The molecule has 1 aliphatic carbocycles. The number of carbonyl (C=O) groups is 2. The van der Waals surface area contributed by atoms with E-state index in [9.17, 15) is 22.8 Å². The number of imidazole rings is 1. The van der Waals surface area contributed by atoms with Gasteiger partial charge in [-0.15, -0.1) is 0 Å². The van der Waals surface area contributed by atoms with Crippen LogP contribution in [-0.2, 0) is 11.0 Å². The second-order valence-electron chi connectivity index (χ2n) is 12.0. The number of halogens is 3. The fourth-order valence-electron chi connectivity index (χ4n) is 6.85. The van der Waals surface area contributed by atoms with Gasteiger partial charge in [-0.1, -0.05) is 0 Å². The Bertz CT molecular complexity index is 1780. The molecular formula is C32H32F3N7O3. The van der Waals surface area contributed by atoms with Gasteiger partial charge in [0.25, 0.3) is 5.91 Å². The predicted octanol–water partition coefficient (Wildman–Crippen LogP) is 5.83. The molecule has 10 nitrogen and oxygen atoms in total. The molecule has 0 spiro atoms. The van der Waals surface area contributed by atoms with Gasteiger partial charge < -0.3 is 20.7 Å². The zero-order valence-electron chi connectivity index (χ0n) is 24.4. The predicted molar refractivity (Wildman–Crippen MR) is 160 cm³/mol. The maximum Gasteiger partial charge on any atom is 0.416 e. The molecule has 2 saturated heterocycles. The fraction of sp³-hybridized carbons (Fsp3) is 0.406. The third-order valence-electron chi connectivity index (χ3n) is 9.12. The van der Waals surface area contributed by atoms with Gasteiger partial charge in [-0.2, -0.15) is 13.2 Å². The van der Waals surface area contributed by atoms with Gasteiger partial charge in [0.15, 0.2) is 0 Å². The van der Waals surface area contributed by atoms with E-state index in [-0.39, 0.29) is 41.2 Å². The monoisotopic (exact) mass is 619 g/mol. The number of nitrogen functional groups attached to an aromatic ring is 1. The molecule has 2 amide bonds. The van der Waals surface area contributed by atoms with Crippen LogP contribution >= 0.6 is 0 Å². The summed E-state index contributed by atoms with van der Waals surface area (Å²) in [5, 5.41) is 2.47. The summed E-state index contributed by atoms with van der Waals surface area (Å²) < 4.78 is 48.1. The average molecular weight is 620 g/mol. The molecule has 2 atom stereocenters. The van der Waals surface area contributed by atoms with Gasteiger partial charge in [-0.05, 0) is 75.3 Å². The Hall–Kier alpha value is -4.68. The third kappa shape index (κ3) is 5.55. The number of piperidine rings is 1. The number of hydrogen-bond acceptors (Lipinski definition) is 7. The highest BCUT2D eigenvalue weighted by molar-refractivity contribution is 6.04. The van der Waals surface area contributed by atoms with Crippen LogP contribution in [0.25, 0.3) is 16.8 Å². The van der Waals surface area contributed by atoms with E-state index in [1.807, 2.05) is 15.5 Å². The lowest BCUT2D eigenvalue weighted by Gasteiger charge is -2.34. The number of nitrogens with two attached hydrogens (primary N) is 1. The van der Waals surface area contributed by atoms with E-state index in [1.54, 1.807) is 24.4 Å². The van der Waals surface area contributed by atoms with Crippen molar-refractivity contribution in [2.24, 2.45) is 0 Å². The Morgan fingerprint density at radius 1 is 1.02 bits per heavy atom. The minimum atomic E-state index is -4.57. The molecule has 3 aromatic heterocycles. The van der Waals surface area contributed by atoms with Crippen LogP contribution in [-0.4, -0.2) is 54.8 Å². The third-order valence-corrected chi connectivity index (χ3v) is 9.12. The molecule has 7 rings (SSSR count). The molecule has 3 N–H and O–H groups in total. The molecule has 1 aromatic carbocycles. The van der Waals surface area contributed by atoms with E-state index in [4.69, 9.17) is 15.5 Å². The SMILES string of the molecule is Nc1nccn2c(C3CCC4CCC(=O)N4C3)nc(-c3ccc(C(=O)Nc4cc(C(F)(F)F)ccn4)cc3OC3CCCC3)c12. The molecule has 4 aromatic rings. The zero-order chi connectivity index (χ0) is 31.3. The Balaban J connectivity index is 1.27. The van der Waals surface area contributed by atoms with Gasteiger partial charge in [0.05, 0.1) is 11.7 Å². The van der Waals surface area contributed by atoms with Gasteiger partial charge in [0, 0.05) is 54.6 Å². The molecule has 2 aliphatic heterocycles. The van der Waals surface area contributed by atoms with E-state index in [2.05, 4.69) is 15.3 Å². The first-order valence-corrected chi connectivity index (χ1v) is 15.2. The number of amides is 2. The molecular weight excluding hydrogens is 587 g/mol. The highest BCUT2D eigenvalue weighted by Crippen LogP contribution is 2.41. The fourth-order valence-corrected chi connectivity index (χ4v) is 6.85. The van der Waals surface area contributed by atoms with Crippen LogP contribution < -0.4 is 15.8 Å². The molecule has 234 valence electrons. The molecule has 45 heavy (non-hydrogen) atoms. The van der Waals surface area contributed by atoms with Gasteiger partial charge in [0.2, 0.25) is 5.91 Å². The van der Waals surface area contributed by atoms with Crippen molar-refractivity contribution in [3.63, 3.8) is 0 Å². The summed E-state index contributed by atoms with van der Waals surface area (Å²) in [5.74, 6) is 0.793. The topological polar surface area (TPSA) is 128 Å². The number of ether oxygens (including phenoxy) is 1. The number of carbonyl (C=O) groups excluding carboxylic acids is 2. The van der Waals surface area contributed by atoms with Crippen molar-refractivity contribution in [1.82, 2.24) is 24.3 Å². The number of aromatic nitrogens is 4. The summed E-state index contributed by atoms with van der Waals surface area (Å²) in [6.45, 7) is 0.582. The van der Waals surface area contributed by atoms with Gasteiger partial charge >= 0.3 is 6.18 Å². The summed E-state index contributed by atoms with van der Waals surface area (Å²) in [6, 6.07) is 6.80. The lowest BCUT2D eigenvalue weighted by Crippen LogP contribution is -2.41. The molecule has 0 bridgehead atoms. The van der Waals surface area contributed by atoms with Crippen molar-refractivity contribution in [1.29, 1.82) is 0 Å². The normalized spacial score (nSPS) is 20.5. The Kier molecular flexibility index (Phi) is 7.33. The summed E-state index contributed by atoms with van der Waals surface area (Å²) in [4.78, 5) is 41.1. The second-order valence-corrected chi connectivity index (χ2v) is 12.0. The summed E-state index contributed by atoms with van der Waals surface area (Å²) in [7, 11) is 0. The first-order valence-electron chi connectivity index (χ1n) is 15.2. The number of alkyl halides is 3. The van der Waals surface area contributed by atoms with Crippen LogP contribution in [0.5, 0.6) is 5.75 Å². The first kappa shape index (κ1) is 29.1. The molecule has 2 unspecified atom stereocenters. The highest BCUT2D eigenvalue weighted by Gasteiger charge is 2.38. The highest BCUT2D eigenvalue weighted by atomic mass is 19.4. The van der Waals surface area contributed by atoms with Crippen molar-refractivity contribution in [2.75, 3.05) is 17.6 Å². The van der Waals surface area contributed by atoms with Gasteiger partial charge in [0.1, 0.15) is 34.4 Å². The number of rotatable bonds is 6. The second kappa shape index (κ2) is 11.4. The van der Waals surface area contributed by atoms with Gasteiger partial charge in [-0.3, -0.25) is 14.0 Å². The van der Waals surface area contributed by atoms with Crippen molar-refractivity contribution < 1.29 is 27.5 Å². The van der Waals surface area contributed by atoms with Crippen molar-refractivity contribution in [3.05, 3.63) is 65.9 Å². The molecule has 13 heteroatoms. The maximum absolute atomic E-state index is 13.2. The van der Waals surface area contributed by atoms with Crippen LogP contribution in [0.2, 0.25) is 0 Å². The summed E-state index contributed by atoms with van der Waals surface area (Å²) >= 11 is 0.